The summed E-state index contributed by atoms with van der Waals surface area (Å²) in [6.45, 7) is 7.80. The molecular weight excluding hydrogens is 590 g/mol. The van der Waals surface area contributed by atoms with E-state index in [1.54, 1.807) is 0 Å². The Morgan fingerprint density at radius 1 is 1.18 bits per heavy atom. The van der Waals surface area contributed by atoms with Crippen LogP contribution >= 0.6 is 11.6 Å². The van der Waals surface area contributed by atoms with Crippen LogP contribution < -0.4 is 11.1 Å². The number of aromatic amines is 1. The lowest BCUT2D eigenvalue weighted by molar-refractivity contribution is -0.150. The molecule has 1 aromatic heterocycles. The zero-order valence-corrected chi connectivity index (χ0v) is 27.8. The summed E-state index contributed by atoms with van der Waals surface area (Å²) in [7, 11) is 3.26. The number of fused-ring (bicyclic) bond motifs is 1. The van der Waals surface area contributed by atoms with E-state index < -0.39 is 23.1 Å². The van der Waals surface area contributed by atoms with E-state index in [1.165, 1.54) is 7.11 Å². The SMILES string of the molecule is COC(=O)N[C@H](c1nc2ccc(C3(C(=O)N(C)[C@](C)(CN)C4(C)CCC4)CCOC3)cc2[nH]1)[C@H](c1ccccc1Cl)C1(C)CC1. The largest absolute Gasteiger partial charge is 0.453 e. The molecule has 2 saturated carbocycles. The number of likely N-dealkylation sites (N-methyl/N-ethyl adjacent to an activating group) is 1. The normalized spacial score (nSPS) is 24.2. The number of ether oxygens (including phenoxy) is 2. The molecule has 10 heteroatoms. The number of hydrogen-bond acceptors (Lipinski definition) is 6. The average Bonchev–Trinajstić information content (AvgIpc) is 3.40. The van der Waals surface area contributed by atoms with Crippen LogP contribution in [-0.2, 0) is 19.7 Å². The fourth-order valence-corrected chi connectivity index (χ4v) is 8.08. The number of amides is 2. The minimum absolute atomic E-state index is 0.0208. The fourth-order valence-electron chi connectivity index (χ4n) is 7.83. The van der Waals surface area contributed by atoms with Gasteiger partial charge in [0.05, 0.1) is 41.7 Å². The van der Waals surface area contributed by atoms with Crippen molar-refractivity contribution in [1.82, 2.24) is 20.2 Å². The molecule has 242 valence electrons. The van der Waals surface area contributed by atoms with E-state index in [9.17, 15) is 9.59 Å². The Hall–Kier alpha value is -3.14. The molecule has 1 aliphatic heterocycles. The number of carbonyl (C=O) groups excluding carboxylic acids is 2. The topological polar surface area (TPSA) is 123 Å². The molecule has 1 saturated heterocycles. The molecule has 2 aromatic carbocycles. The molecule has 3 aromatic rings. The molecule has 2 aliphatic carbocycles. The number of nitrogens with two attached hydrogens (primary N) is 1. The van der Waals surface area contributed by atoms with Crippen molar-refractivity contribution in [3.63, 3.8) is 0 Å². The predicted octanol–water partition coefficient (Wildman–Crippen LogP) is 6.22. The molecule has 4 atom stereocenters. The first-order valence-corrected chi connectivity index (χ1v) is 16.4. The van der Waals surface area contributed by atoms with Gasteiger partial charge in [-0.1, -0.05) is 56.1 Å². The van der Waals surface area contributed by atoms with E-state index in [1.807, 2.05) is 54.4 Å². The molecule has 6 rings (SSSR count). The Morgan fingerprint density at radius 3 is 2.49 bits per heavy atom. The van der Waals surface area contributed by atoms with E-state index in [4.69, 9.17) is 31.8 Å². The van der Waals surface area contributed by atoms with Crippen LogP contribution in [0.15, 0.2) is 42.5 Å². The van der Waals surface area contributed by atoms with Crippen LogP contribution in [0.3, 0.4) is 0 Å². The van der Waals surface area contributed by atoms with Crippen LogP contribution in [-0.4, -0.2) is 66.3 Å². The Morgan fingerprint density at radius 2 is 1.91 bits per heavy atom. The number of nitrogens with zero attached hydrogens (tertiary/aromatic N) is 2. The van der Waals surface area contributed by atoms with Gasteiger partial charge in [-0.15, -0.1) is 0 Å². The van der Waals surface area contributed by atoms with Gasteiger partial charge in [0.15, 0.2) is 0 Å². The van der Waals surface area contributed by atoms with Crippen LogP contribution in [0.1, 0.15) is 88.2 Å². The first-order valence-electron chi connectivity index (χ1n) is 16.1. The number of alkyl carbamates (subject to hydrolysis) is 1. The van der Waals surface area contributed by atoms with Crippen molar-refractivity contribution < 1.29 is 19.1 Å². The van der Waals surface area contributed by atoms with Gasteiger partial charge in [0.2, 0.25) is 5.91 Å². The van der Waals surface area contributed by atoms with E-state index in [-0.39, 0.29) is 22.7 Å². The summed E-state index contributed by atoms with van der Waals surface area (Å²) in [4.78, 5) is 37.7. The monoisotopic (exact) mass is 635 g/mol. The number of aromatic nitrogens is 2. The summed E-state index contributed by atoms with van der Waals surface area (Å²) in [6.07, 6.45) is 5.32. The second kappa shape index (κ2) is 11.6. The van der Waals surface area contributed by atoms with Crippen LogP contribution in [0.25, 0.3) is 11.0 Å². The second-order valence-electron chi connectivity index (χ2n) is 14.3. The number of benzene rings is 2. The van der Waals surface area contributed by atoms with Crippen molar-refractivity contribution in [3.05, 3.63) is 64.4 Å². The summed E-state index contributed by atoms with van der Waals surface area (Å²) in [6, 6.07) is 13.2. The van der Waals surface area contributed by atoms with Gasteiger partial charge in [-0.3, -0.25) is 4.79 Å². The van der Waals surface area contributed by atoms with Crippen molar-refractivity contribution in [2.45, 2.75) is 82.2 Å². The second-order valence-corrected chi connectivity index (χ2v) is 14.7. The van der Waals surface area contributed by atoms with Gasteiger partial charge < -0.3 is 30.4 Å². The summed E-state index contributed by atoms with van der Waals surface area (Å²) < 4.78 is 11.0. The maximum Gasteiger partial charge on any atom is 0.407 e. The number of rotatable bonds is 10. The number of halogens is 1. The van der Waals surface area contributed by atoms with E-state index in [0.29, 0.717) is 37.0 Å². The Bertz CT molecular complexity index is 1590. The number of nitrogens with one attached hydrogen (secondary N) is 2. The third-order valence-corrected chi connectivity index (χ3v) is 12.1. The van der Waals surface area contributed by atoms with Gasteiger partial charge in [0.25, 0.3) is 0 Å². The highest BCUT2D eigenvalue weighted by Gasteiger charge is 2.56. The van der Waals surface area contributed by atoms with E-state index >= 15 is 0 Å². The van der Waals surface area contributed by atoms with Crippen LogP contribution in [0.4, 0.5) is 4.79 Å². The zero-order valence-electron chi connectivity index (χ0n) is 27.0. The number of hydrogen-bond donors (Lipinski definition) is 3. The summed E-state index contributed by atoms with van der Waals surface area (Å²) in [5, 5.41) is 3.72. The van der Waals surface area contributed by atoms with Crippen LogP contribution in [0.2, 0.25) is 5.02 Å². The Labute approximate surface area is 270 Å². The molecule has 45 heavy (non-hydrogen) atoms. The quantitative estimate of drug-likeness (QED) is 0.243. The third-order valence-electron chi connectivity index (χ3n) is 11.8. The lowest BCUT2D eigenvalue weighted by atomic mass is 9.58. The van der Waals surface area contributed by atoms with Crippen molar-refractivity contribution in [3.8, 4) is 0 Å². The van der Waals surface area contributed by atoms with Crippen molar-refractivity contribution in [1.29, 1.82) is 0 Å². The molecular formula is C35H46ClN5O4. The average molecular weight is 636 g/mol. The van der Waals surface area contributed by atoms with Gasteiger partial charge in [0, 0.05) is 31.1 Å². The van der Waals surface area contributed by atoms with Crippen molar-refractivity contribution in [2.24, 2.45) is 16.6 Å². The maximum absolute atomic E-state index is 14.5. The summed E-state index contributed by atoms with van der Waals surface area (Å²) in [5.74, 6) is 0.502. The predicted molar refractivity (Wildman–Crippen MR) is 175 cm³/mol. The molecule has 9 nitrogen and oxygen atoms in total. The highest BCUT2D eigenvalue weighted by atomic mass is 35.5. The maximum atomic E-state index is 14.5. The summed E-state index contributed by atoms with van der Waals surface area (Å²) >= 11 is 6.75. The number of methoxy groups -OCH3 is 1. The first kappa shape index (κ1) is 31.8. The molecule has 0 bridgehead atoms. The van der Waals surface area contributed by atoms with Gasteiger partial charge in [-0.2, -0.15) is 0 Å². The van der Waals surface area contributed by atoms with Gasteiger partial charge in [0.1, 0.15) is 5.82 Å². The molecule has 1 unspecified atom stereocenters. The van der Waals surface area contributed by atoms with Crippen molar-refractivity contribution in [2.75, 3.05) is 33.9 Å². The number of H-pyrrole nitrogens is 1. The van der Waals surface area contributed by atoms with Crippen molar-refractivity contribution >= 4 is 34.6 Å². The zero-order chi connectivity index (χ0) is 32.2. The van der Waals surface area contributed by atoms with Crippen LogP contribution in [0, 0.1) is 10.8 Å². The minimum Gasteiger partial charge on any atom is -0.453 e. The molecule has 4 N–H and O–H groups in total. The van der Waals surface area contributed by atoms with E-state index in [2.05, 4.69) is 31.1 Å². The Kier molecular flexibility index (Phi) is 8.19. The molecule has 0 radical (unpaired) electrons. The standard InChI is InChI=1S/C35H46ClN5O4/c1-32(15-16-32)27(23-9-6-7-10-24(23)36)28(40-31(43)44-5)29-38-25-12-11-22(19-26(25)39-29)35(17-18-45-21-35)30(42)41(4)34(3,20-37)33(2)13-8-14-33/h6-7,9-12,19,27-28H,8,13-18,20-21,37H2,1-5H3,(H,38,39)(H,40,43)/t27-,28-,34+,35?/m0/s1. The lowest BCUT2D eigenvalue weighted by Gasteiger charge is -2.57. The Balaban J connectivity index is 1.40. The highest BCUT2D eigenvalue weighted by Crippen LogP contribution is 2.60. The first-order chi connectivity index (χ1) is 21.4. The smallest absolute Gasteiger partial charge is 0.407 e. The molecule has 0 spiro atoms. The van der Waals surface area contributed by atoms with E-state index in [0.717, 1.165) is 54.3 Å². The molecule has 3 aliphatic rings. The number of carbonyl (C=O) groups is 2. The van der Waals surface area contributed by atoms with Gasteiger partial charge in [-0.25, -0.2) is 9.78 Å². The van der Waals surface area contributed by atoms with Crippen LogP contribution in [0.5, 0.6) is 0 Å². The molecule has 3 fully saturated rings. The summed E-state index contributed by atoms with van der Waals surface area (Å²) in [5.41, 5.74) is 8.36. The molecule has 2 amide bonds. The highest BCUT2D eigenvalue weighted by molar-refractivity contribution is 6.31. The third kappa shape index (κ3) is 5.21. The lowest BCUT2D eigenvalue weighted by Crippen LogP contribution is -2.66. The molecule has 2 heterocycles. The number of imidazole rings is 1. The van der Waals surface area contributed by atoms with Gasteiger partial charge in [-0.05, 0) is 79.2 Å². The van der Waals surface area contributed by atoms with Gasteiger partial charge >= 0.3 is 6.09 Å². The fraction of sp³-hybridized carbons (Fsp3) is 0.571. The minimum atomic E-state index is -0.837.